The van der Waals surface area contributed by atoms with Crippen molar-refractivity contribution in [2.45, 2.75) is 6.42 Å². The Morgan fingerprint density at radius 2 is 1.84 bits per heavy atom. The zero-order chi connectivity index (χ0) is 23.4. The molecule has 11 heteroatoms. The monoisotopic (exact) mass is 478 g/mol. The van der Waals surface area contributed by atoms with E-state index in [4.69, 9.17) is 21.1 Å². The molecule has 0 aliphatic rings. The Bertz CT molecular complexity index is 1110. The maximum absolute atomic E-state index is 13.5. The summed E-state index contributed by atoms with van der Waals surface area (Å²) in [5.74, 6) is 0.537. The van der Waals surface area contributed by atoms with Crippen LogP contribution in [-0.4, -0.2) is 62.1 Å². The third-order valence-electron chi connectivity index (χ3n) is 4.73. The van der Waals surface area contributed by atoms with Gasteiger partial charge in [0.25, 0.3) is 11.6 Å². The van der Waals surface area contributed by atoms with Crippen LogP contribution in [0.3, 0.4) is 0 Å². The van der Waals surface area contributed by atoms with Crippen molar-refractivity contribution in [1.29, 1.82) is 0 Å². The molecule has 1 aromatic heterocycles. The number of benzene rings is 2. The van der Waals surface area contributed by atoms with E-state index < -0.39 is 10.8 Å². The number of hydrogen-bond donors (Lipinski definition) is 0. The molecule has 32 heavy (non-hydrogen) atoms. The second-order valence-corrected chi connectivity index (χ2v) is 8.65. The lowest BCUT2D eigenvalue weighted by molar-refractivity contribution is -0.385. The Morgan fingerprint density at radius 1 is 1.16 bits per heavy atom. The summed E-state index contributed by atoms with van der Waals surface area (Å²) in [6.07, 6.45) is 0.648. The van der Waals surface area contributed by atoms with Crippen LogP contribution in [0.2, 0.25) is 5.02 Å². The molecule has 0 radical (unpaired) electrons. The van der Waals surface area contributed by atoms with Gasteiger partial charge in [-0.3, -0.25) is 19.8 Å². The second kappa shape index (κ2) is 10.1. The minimum absolute atomic E-state index is 0.0817. The number of hydrogen-bond acceptors (Lipinski definition) is 8. The summed E-state index contributed by atoms with van der Waals surface area (Å²) >= 11 is 7.35. The summed E-state index contributed by atoms with van der Waals surface area (Å²) in [5.41, 5.74) is 0.247. The van der Waals surface area contributed by atoms with Gasteiger partial charge in [-0.1, -0.05) is 22.9 Å². The molecule has 3 aromatic rings. The summed E-state index contributed by atoms with van der Waals surface area (Å²) in [4.78, 5) is 32.5. The normalized spacial score (nSPS) is 11.1. The van der Waals surface area contributed by atoms with Crippen LogP contribution in [0.4, 0.5) is 10.8 Å². The number of thiazole rings is 1. The van der Waals surface area contributed by atoms with E-state index in [0.717, 1.165) is 11.2 Å². The average Bonchev–Trinajstić information content (AvgIpc) is 3.17. The first-order valence-corrected chi connectivity index (χ1v) is 10.9. The van der Waals surface area contributed by atoms with Gasteiger partial charge in [-0.15, -0.1) is 0 Å². The van der Waals surface area contributed by atoms with Gasteiger partial charge in [0.15, 0.2) is 16.6 Å². The van der Waals surface area contributed by atoms with Crippen LogP contribution in [0.1, 0.15) is 16.8 Å². The molecular formula is C21H23ClN4O5S. The van der Waals surface area contributed by atoms with Crippen molar-refractivity contribution >= 4 is 49.9 Å². The Balaban J connectivity index is 2.08. The van der Waals surface area contributed by atoms with Gasteiger partial charge in [-0.2, -0.15) is 0 Å². The smallest absolute Gasteiger partial charge is 0.282 e. The topological polar surface area (TPSA) is 98.0 Å². The lowest BCUT2D eigenvalue weighted by atomic mass is 10.1. The highest BCUT2D eigenvalue weighted by molar-refractivity contribution is 7.22. The molecule has 0 aliphatic carbocycles. The number of nitrogens with zero attached hydrogens (tertiary/aromatic N) is 4. The molecule has 1 heterocycles. The molecule has 0 aliphatic heterocycles. The maximum atomic E-state index is 13.5. The molecule has 170 valence electrons. The quantitative estimate of drug-likeness (QED) is 0.330. The van der Waals surface area contributed by atoms with E-state index in [2.05, 4.69) is 4.98 Å². The molecule has 1 amide bonds. The van der Waals surface area contributed by atoms with Crippen LogP contribution in [0.25, 0.3) is 10.2 Å². The van der Waals surface area contributed by atoms with Crippen molar-refractivity contribution < 1.29 is 19.2 Å². The van der Waals surface area contributed by atoms with Crippen molar-refractivity contribution in [3.8, 4) is 11.5 Å². The SMILES string of the molecule is COc1cc2nc(N(CCCN(C)C)C(=O)c3cc(Cl)ccc3[N+](=O)[O-])sc2cc1OC. The number of amides is 1. The number of halogens is 1. The number of fused-ring (bicyclic) bond motifs is 1. The van der Waals surface area contributed by atoms with Crippen molar-refractivity contribution in [2.24, 2.45) is 0 Å². The van der Waals surface area contributed by atoms with Crippen LogP contribution in [-0.2, 0) is 0 Å². The van der Waals surface area contributed by atoms with Crippen LogP contribution in [0.5, 0.6) is 11.5 Å². The minimum atomic E-state index is -0.588. The van der Waals surface area contributed by atoms with Crippen LogP contribution >= 0.6 is 22.9 Å². The Labute approximate surface area is 194 Å². The van der Waals surface area contributed by atoms with Gasteiger partial charge in [0.05, 0.1) is 29.4 Å². The van der Waals surface area contributed by atoms with Gasteiger partial charge in [0.2, 0.25) is 0 Å². The molecular weight excluding hydrogens is 456 g/mol. The Hall–Kier alpha value is -2.95. The molecule has 0 saturated heterocycles. The van der Waals surface area contributed by atoms with Gasteiger partial charge in [-0.25, -0.2) is 4.98 Å². The molecule has 9 nitrogen and oxygen atoms in total. The summed E-state index contributed by atoms with van der Waals surface area (Å²) in [6, 6.07) is 7.48. The third kappa shape index (κ3) is 5.09. The molecule has 0 bridgehead atoms. The first kappa shape index (κ1) is 23.7. The van der Waals surface area contributed by atoms with E-state index in [1.807, 2.05) is 19.0 Å². The van der Waals surface area contributed by atoms with E-state index in [1.165, 1.54) is 41.5 Å². The highest BCUT2D eigenvalue weighted by atomic mass is 35.5. The number of carbonyl (C=O) groups is 1. The van der Waals surface area contributed by atoms with Crippen molar-refractivity contribution in [3.05, 3.63) is 51.0 Å². The fourth-order valence-electron chi connectivity index (χ4n) is 3.17. The van der Waals surface area contributed by atoms with Crippen molar-refractivity contribution in [2.75, 3.05) is 46.3 Å². The summed E-state index contributed by atoms with van der Waals surface area (Å²) < 4.78 is 11.5. The van der Waals surface area contributed by atoms with E-state index in [-0.39, 0.29) is 16.3 Å². The molecule has 0 fully saturated rings. The molecule has 0 spiro atoms. The minimum Gasteiger partial charge on any atom is -0.493 e. The predicted molar refractivity (Wildman–Crippen MR) is 126 cm³/mol. The number of rotatable bonds is 9. The number of anilines is 1. The highest BCUT2D eigenvalue weighted by Crippen LogP contribution is 2.38. The molecule has 0 N–H and O–H groups in total. The molecule has 2 aromatic carbocycles. The van der Waals surface area contributed by atoms with E-state index in [1.54, 1.807) is 19.2 Å². The number of nitro groups is 1. The fourth-order valence-corrected chi connectivity index (χ4v) is 4.34. The van der Waals surface area contributed by atoms with E-state index in [0.29, 0.717) is 35.1 Å². The molecule has 0 saturated carbocycles. The third-order valence-corrected chi connectivity index (χ3v) is 6.01. The van der Waals surface area contributed by atoms with E-state index >= 15 is 0 Å². The first-order valence-electron chi connectivity index (χ1n) is 9.68. The van der Waals surface area contributed by atoms with Crippen LogP contribution in [0, 0.1) is 10.1 Å². The molecule has 0 atom stereocenters. The summed E-state index contributed by atoms with van der Waals surface area (Å²) in [5, 5.41) is 12.2. The lowest BCUT2D eigenvalue weighted by Crippen LogP contribution is -2.33. The Kier molecular flexibility index (Phi) is 7.49. The first-order chi connectivity index (χ1) is 15.2. The van der Waals surface area contributed by atoms with Crippen LogP contribution in [0.15, 0.2) is 30.3 Å². The average molecular weight is 479 g/mol. The lowest BCUT2D eigenvalue weighted by Gasteiger charge is -2.21. The highest BCUT2D eigenvalue weighted by Gasteiger charge is 2.28. The van der Waals surface area contributed by atoms with Crippen molar-refractivity contribution in [1.82, 2.24) is 9.88 Å². The number of nitro benzene ring substituents is 1. The summed E-state index contributed by atoms with van der Waals surface area (Å²) in [6.45, 7) is 1.06. The van der Waals surface area contributed by atoms with Gasteiger partial charge >= 0.3 is 0 Å². The van der Waals surface area contributed by atoms with Gasteiger partial charge in [0, 0.05) is 29.8 Å². The zero-order valence-electron chi connectivity index (χ0n) is 18.1. The standard InChI is InChI=1S/C21H23ClN4O5S/c1-24(2)8-5-9-25(20(27)14-10-13(22)6-7-16(14)26(28)29)21-23-15-11-17(30-3)18(31-4)12-19(15)32-21/h6-7,10-12H,5,8-9H2,1-4H3. The molecule has 3 rings (SSSR count). The zero-order valence-corrected chi connectivity index (χ0v) is 19.7. The Morgan fingerprint density at radius 3 is 2.47 bits per heavy atom. The number of methoxy groups -OCH3 is 2. The largest absolute Gasteiger partial charge is 0.493 e. The maximum Gasteiger partial charge on any atom is 0.282 e. The number of aromatic nitrogens is 1. The van der Waals surface area contributed by atoms with Crippen LogP contribution < -0.4 is 14.4 Å². The number of ether oxygens (including phenoxy) is 2. The van der Waals surface area contributed by atoms with Gasteiger partial charge in [-0.05, 0) is 39.2 Å². The fraction of sp³-hybridized carbons (Fsp3) is 0.333. The summed E-state index contributed by atoms with van der Waals surface area (Å²) in [7, 11) is 6.95. The number of carbonyl (C=O) groups excluding carboxylic acids is 1. The van der Waals surface area contributed by atoms with E-state index in [9.17, 15) is 14.9 Å². The van der Waals surface area contributed by atoms with Gasteiger partial charge in [0.1, 0.15) is 5.56 Å². The predicted octanol–water partition coefficient (Wildman–Crippen LogP) is 4.47. The van der Waals surface area contributed by atoms with Crippen molar-refractivity contribution in [3.63, 3.8) is 0 Å². The van der Waals surface area contributed by atoms with Gasteiger partial charge < -0.3 is 14.4 Å². The molecule has 0 unspecified atom stereocenters. The second-order valence-electron chi connectivity index (χ2n) is 7.20.